The summed E-state index contributed by atoms with van der Waals surface area (Å²) in [6.07, 6.45) is 0.199. The fourth-order valence-electron chi connectivity index (χ4n) is 3.71. The highest BCUT2D eigenvalue weighted by atomic mass is 19.1. The number of benzene rings is 3. The van der Waals surface area contributed by atoms with Crippen LogP contribution in [0.3, 0.4) is 0 Å². The van der Waals surface area contributed by atoms with Gasteiger partial charge in [0.15, 0.2) is 0 Å². The molecule has 0 amide bonds. The van der Waals surface area contributed by atoms with Gasteiger partial charge in [-0.05, 0) is 35.9 Å². The van der Waals surface area contributed by atoms with Crippen molar-refractivity contribution < 1.29 is 9.13 Å². The van der Waals surface area contributed by atoms with Gasteiger partial charge in [-0.15, -0.1) is 0 Å². The van der Waals surface area contributed by atoms with E-state index >= 15 is 0 Å². The molecule has 0 saturated heterocycles. The van der Waals surface area contributed by atoms with Crippen LogP contribution in [0.15, 0.2) is 70.3 Å². The van der Waals surface area contributed by atoms with Crippen molar-refractivity contribution in [3.63, 3.8) is 0 Å². The molecule has 0 fully saturated rings. The molecule has 2 aromatic heterocycles. The summed E-state index contributed by atoms with van der Waals surface area (Å²) in [5.41, 5.74) is 1.28. The first-order chi connectivity index (χ1) is 15.5. The first-order valence-electron chi connectivity index (χ1n) is 9.86. The Balaban J connectivity index is 1.52. The van der Waals surface area contributed by atoms with Gasteiger partial charge in [-0.25, -0.2) is 14.5 Å². The standard InChI is InChI=1S/C24H17FN4O3/c1-32-15-8-9-20-18(12-15)23(30)27-22(26-20)14-7-6-13(19(25)10-14)11-21-16-4-2-3-5-17(16)24(31)29-28-21/h2-10,12H,11H2,1H3,(H,29,31)(H,26,27,30). The molecule has 0 saturated carbocycles. The normalized spacial score (nSPS) is 11.2. The number of rotatable bonds is 4. The zero-order valence-corrected chi connectivity index (χ0v) is 17.0. The molecule has 0 bridgehead atoms. The minimum absolute atomic E-state index is 0.199. The summed E-state index contributed by atoms with van der Waals surface area (Å²) in [5, 5.41) is 8.14. The van der Waals surface area contributed by atoms with Crippen molar-refractivity contribution in [2.24, 2.45) is 0 Å². The second-order valence-electron chi connectivity index (χ2n) is 7.33. The average Bonchev–Trinajstić information content (AvgIpc) is 2.82. The monoisotopic (exact) mass is 428 g/mol. The predicted molar refractivity (Wildman–Crippen MR) is 119 cm³/mol. The van der Waals surface area contributed by atoms with Gasteiger partial charge in [0.25, 0.3) is 11.1 Å². The number of nitrogens with zero attached hydrogens (tertiary/aromatic N) is 2. The Morgan fingerprint density at radius 2 is 1.75 bits per heavy atom. The molecular weight excluding hydrogens is 411 g/mol. The quantitative estimate of drug-likeness (QED) is 0.456. The second kappa shape index (κ2) is 7.73. The molecule has 2 N–H and O–H groups in total. The maximum atomic E-state index is 15.0. The first kappa shape index (κ1) is 19.6. The van der Waals surface area contributed by atoms with Crippen LogP contribution in [0, 0.1) is 5.82 Å². The van der Waals surface area contributed by atoms with E-state index in [1.165, 1.54) is 13.2 Å². The summed E-state index contributed by atoms with van der Waals surface area (Å²) in [5.74, 6) is 0.360. The smallest absolute Gasteiger partial charge is 0.272 e. The maximum absolute atomic E-state index is 15.0. The number of aromatic nitrogens is 4. The lowest BCUT2D eigenvalue weighted by Crippen LogP contribution is -2.11. The van der Waals surface area contributed by atoms with Crippen LogP contribution in [-0.2, 0) is 6.42 Å². The van der Waals surface area contributed by atoms with E-state index in [2.05, 4.69) is 20.2 Å². The third-order valence-electron chi connectivity index (χ3n) is 5.37. The van der Waals surface area contributed by atoms with E-state index < -0.39 is 5.82 Å². The van der Waals surface area contributed by atoms with Crippen molar-refractivity contribution in [3.8, 4) is 17.1 Å². The minimum Gasteiger partial charge on any atom is -0.497 e. The molecule has 8 heteroatoms. The fourth-order valence-corrected chi connectivity index (χ4v) is 3.71. The third-order valence-corrected chi connectivity index (χ3v) is 5.37. The lowest BCUT2D eigenvalue weighted by atomic mass is 10.0. The van der Waals surface area contributed by atoms with Crippen molar-refractivity contribution in [2.75, 3.05) is 7.11 Å². The van der Waals surface area contributed by atoms with Gasteiger partial charge in [0.2, 0.25) is 0 Å². The Morgan fingerprint density at radius 3 is 2.53 bits per heavy atom. The van der Waals surface area contributed by atoms with E-state index in [4.69, 9.17) is 4.74 Å². The van der Waals surface area contributed by atoms with Crippen molar-refractivity contribution in [1.82, 2.24) is 20.2 Å². The van der Waals surface area contributed by atoms with Crippen LogP contribution in [-0.4, -0.2) is 27.3 Å². The largest absolute Gasteiger partial charge is 0.497 e. The second-order valence-corrected chi connectivity index (χ2v) is 7.33. The van der Waals surface area contributed by atoms with E-state index in [0.29, 0.717) is 44.2 Å². The molecule has 7 nitrogen and oxygen atoms in total. The lowest BCUT2D eigenvalue weighted by molar-refractivity contribution is 0.415. The van der Waals surface area contributed by atoms with Crippen LogP contribution >= 0.6 is 0 Å². The number of H-pyrrole nitrogens is 2. The van der Waals surface area contributed by atoms with E-state index in [9.17, 15) is 14.0 Å². The minimum atomic E-state index is -0.461. The molecule has 0 atom stereocenters. The number of ether oxygens (including phenoxy) is 1. The van der Waals surface area contributed by atoms with E-state index in [0.717, 1.165) is 0 Å². The van der Waals surface area contributed by atoms with Crippen LogP contribution in [0.2, 0.25) is 0 Å². The van der Waals surface area contributed by atoms with Crippen LogP contribution in [0.5, 0.6) is 5.75 Å². The van der Waals surface area contributed by atoms with Gasteiger partial charge >= 0.3 is 0 Å². The molecule has 0 unspecified atom stereocenters. The van der Waals surface area contributed by atoms with E-state index in [-0.39, 0.29) is 23.4 Å². The van der Waals surface area contributed by atoms with Crippen molar-refractivity contribution in [1.29, 1.82) is 0 Å². The number of fused-ring (bicyclic) bond motifs is 2. The summed E-state index contributed by atoms with van der Waals surface area (Å²) in [6.45, 7) is 0. The summed E-state index contributed by atoms with van der Waals surface area (Å²) in [6, 6.07) is 16.7. The van der Waals surface area contributed by atoms with Gasteiger partial charge in [-0.1, -0.05) is 30.3 Å². The Kier molecular flexibility index (Phi) is 4.74. The topological polar surface area (TPSA) is 101 Å². The number of halogens is 1. The number of hydrogen-bond acceptors (Lipinski definition) is 5. The highest BCUT2D eigenvalue weighted by Crippen LogP contribution is 2.24. The highest BCUT2D eigenvalue weighted by molar-refractivity contribution is 5.84. The zero-order chi connectivity index (χ0) is 22.2. The average molecular weight is 428 g/mol. The van der Waals surface area contributed by atoms with Gasteiger partial charge < -0.3 is 9.72 Å². The molecule has 0 aliphatic carbocycles. The van der Waals surface area contributed by atoms with Crippen molar-refractivity contribution in [2.45, 2.75) is 6.42 Å². The molecule has 0 spiro atoms. The molecule has 0 radical (unpaired) electrons. The van der Waals surface area contributed by atoms with Crippen molar-refractivity contribution >= 4 is 21.7 Å². The summed E-state index contributed by atoms with van der Waals surface area (Å²) in [7, 11) is 1.52. The molecule has 3 aromatic carbocycles. The summed E-state index contributed by atoms with van der Waals surface area (Å²) < 4.78 is 20.1. The number of aromatic amines is 2. The van der Waals surface area contributed by atoms with Crippen LogP contribution in [0.25, 0.3) is 33.1 Å². The van der Waals surface area contributed by atoms with E-state index in [1.54, 1.807) is 48.5 Å². The molecule has 5 rings (SSSR count). The molecule has 5 aromatic rings. The molecule has 2 heterocycles. The van der Waals surface area contributed by atoms with Gasteiger partial charge in [0, 0.05) is 17.4 Å². The van der Waals surface area contributed by atoms with Crippen LogP contribution < -0.4 is 15.9 Å². The number of methoxy groups -OCH3 is 1. The third kappa shape index (κ3) is 3.41. The van der Waals surface area contributed by atoms with Gasteiger partial charge in [0.05, 0.1) is 29.1 Å². The lowest BCUT2D eigenvalue weighted by Gasteiger charge is -2.09. The summed E-state index contributed by atoms with van der Waals surface area (Å²) >= 11 is 0. The van der Waals surface area contributed by atoms with E-state index in [1.807, 2.05) is 6.07 Å². The highest BCUT2D eigenvalue weighted by Gasteiger charge is 2.13. The van der Waals surface area contributed by atoms with Crippen molar-refractivity contribution in [3.05, 3.63) is 98.4 Å². The molecule has 32 heavy (non-hydrogen) atoms. The number of hydrogen-bond donors (Lipinski definition) is 2. The first-order valence-corrected chi connectivity index (χ1v) is 9.86. The number of nitrogens with one attached hydrogen (secondary N) is 2. The Morgan fingerprint density at radius 1 is 0.938 bits per heavy atom. The molecule has 158 valence electrons. The summed E-state index contributed by atoms with van der Waals surface area (Å²) in [4.78, 5) is 31.6. The van der Waals surface area contributed by atoms with Crippen LogP contribution in [0.4, 0.5) is 4.39 Å². The van der Waals surface area contributed by atoms with Gasteiger partial charge in [0.1, 0.15) is 17.4 Å². The fraction of sp³-hybridized carbons (Fsp3) is 0.0833. The molecular formula is C24H17FN4O3. The zero-order valence-electron chi connectivity index (χ0n) is 17.0. The Hall–Kier alpha value is -4.33. The molecule has 0 aliphatic rings. The van der Waals surface area contributed by atoms with Crippen LogP contribution in [0.1, 0.15) is 11.3 Å². The Bertz CT molecular complexity index is 1610. The molecule has 0 aliphatic heterocycles. The Labute approximate surface area is 180 Å². The SMILES string of the molecule is COc1ccc2nc(-c3ccc(Cc4n[nH]c(=O)c5ccccc45)c(F)c3)[nH]c(=O)c2c1. The predicted octanol–water partition coefficient (Wildman–Crippen LogP) is 3.57. The van der Waals surface area contributed by atoms with Gasteiger partial charge in [-0.2, -0.15) is 5.10 Å². The maximum Gasteiger partial charge on any atom is 0.272 e. The van der Waals surface area contributed by atoms with Gasteiger partial charge in [-0.3, -0.25) is 9.59 Å².